The molecule has 0 saturated carbocycles. The van der Waals surface area contributed by atoms with Gasteiger partial charge in [0.1, 0.15) is 0 Å². The molecule has 2 aliphatic rings. The molecule has 3 rings (SSSR count). The van der Waals surface area contributed by atoms with E-state index in [1.54, 1.807) is 7.11 Å². The van der Waals surface area contributed by atoms with Gasteiger partial charge in [0, 0.05) is 38.5 Å². The zero-order chi connectivity index (χ0) is 13.9. The van der Waals surface area contributed by atoms with Crippen LogP contribution < -0.4 is 0 Å². The fourth-order valence-corrected chi connectivity index (χ4v) is 3.11. The predicted molar refractivity (Wildman–Crippen MR) is 75.9 cm³/mol. The first kappa shape index (κ1) is 13.3. The summed E-state index contributed by atoms with van der Waals surface area (Å²) in [4.78, 5) is 18.7. The predicted octanol–water partition coefficient (Wildman–Crippen LogP) is 2.08. The molecule has 1 aliphatic carbocycles. The van der Waals surface area contributed by atoms with Crippen molar-refractivity contribution in [3.63, 3.8) is 0 Å². The third-order valence-electron chi connectivity index (χ3n) is 4.20. The molecule has 0 saturated heterocycles. The molecule has 1 aliphatic heterocycles. The first-order valence-electron chi connectivity index (χ1n) is 7.17. The Bertz CT molecular complexity index is 531. The maximum Gasteiger partial charge on any atom is 0.226 e. The first-order chi connectivity index (χ1) is 9.79. The second-order valence-corrected chi connectivity index (χ2v) is 5.52. The van der Waals surface area contributed by atoms with Gasteiger partial charge < -0.3 is 9.64 Å². The maximum absolute atomic E-state index is 12.5. The van der Waals surface area contributed by atoms with Crippen molar-refractivity contribution in [3.05, 3.63) is 41.2 Å². The van der Waals surface area contributed by atoms with E-state index in [9.17, 15) is 4.79 Å². The minimum absolute atomic E-state index is 0.159. The van der Waals surface area contributed by atoms with Gasteiger partial charge in [-0.3, -0.25) is 9.78 Å². The molecule has 1 aromatic heterocycles. The number of hydrogen-bond donors (Lipinski definition) is 0. The number of nitrogens with zero attached hydrogens (tertiary/aromatic N) is 2. The number of rotatable bonds is 3. The summed E-state index contributed by atoms with van der Waals surface area (Å²) in [6.07, 6.45) is 10.7. The lowest BCUT2D eigenvalue weighted by atomic mass is 9.96. The number of aromatic nitrogens is 1. The molecule has 1 aromatic rings. The lowest BCUT2D eigenvalue weighted by molar-refractivity contribution is -0.136. The van der Waals surface area contributed by atoms with Gasteiger partial charge in [-0.05, 0) is 36.0 Å². The Hall–Kier alpha value is -1.68. The molecule has 0 bridgehead atoms. The third kappa shape index (κ3) is 2.48. The molecule has 0 fully saturated rings. The van der Waals surface area contributed by atoms with Gasteiger partial charge in [0.05, 0.1) is 6.61 Å². The Labute approximate surface area is 119 Å². The van der Waals surface area contributed by atoms with Gasteiger partial charge >= 0.3 is 0 Å². The topological polar surface area (TPSA) is 42.4 Å². The van der Waals surface area contributed by atoms with Gasteiger partial charge in [0.25, 0.3) is 0 Å². The lowest BCUT2D eigenvalue weighted by Gasteiger charge is -2.31. The quantitative estimate of drug-likeness (QED) is 0.791. The van der Waals surface area contributed by atoms with Gasteiger partial charge in [-0.25, -0.2) is 0 Å². The minimum atomic E-state index is 0.159. The molecule has 0 radical (unpaired) electrons. The SMILES string of the molecule is COCc1cncc2c1CCN(C(=O)C1CC=CC1)C2. The monoisotopic (exact) mass is 272 g/mol. The van der Waals surface area contributed by atoms with Crippen LogP contribution in [0.1, 0.15) is 29.5 Å². The molecule has 0 unspecified atom stereocenters. The number of pyridine rings is 1. The van der Waals surface area contributed by atoms with Crippen LogP contribution >= 0.6 is 0 Å². The molecular weight excluding hydrogens is 252 g/mol. The summed E-state index contributed by atoms with van der Waals surface area (Å²) in [7, 11) is 1.70. The average molecular weight is 272 g/mol. The van der Waals surface area contributed by atoms with E-state index in [4.69, 9.17) is 4.74 Å². The van der Waals surface area contributed by atoms with Crippen molar-refractivity contribution in [3.8, 4) is 0 Å². The average Bonchev–Trinajstić information content (AvgIpc) is 3.01. The van der Waals surface area contributed by atoms with E-state index in [1.807, 2.05) is 17.3 Å². The number of fused-ring (bicyclic) bond motifs is 1. The van der Waals surface area contributed by atoms with Crippen LogP contribution in [-0.2, 0) is 29.1 Å². The highest BCUT2D eigenvalue weighted by atomic mass is 16.5. The summed E-state index contributed by atoms with van der Waals surface area (Å²) in [6, 6.07) is 0. The molecule has 0 aromatic carbocycles. The molecule has 0 spiro atoms. The molecule has 106 valence electrons. The summed E-state index contributed by atoms with van der Waals surface area (Å²) in [5, 5.41) is 0. The van der Waals surface area contributed by atoms with Crippen LogP contribution in [0.2, 0.25) is 0 Å². The number of hydrogen-bond acceptors (Lipinski definition) is 3. The summed E-state index contributed by atoms with van der Waals surface area (Å²) in [5.74, 6) is 0.449. The third-order valence-corrected chi connectivity index (χ3v) is 4.20. The van der Waals surface area contributed by atoms with Gasteiger partial charge in [0.2, 0.25) is 5.91 Å². The van der Waals surface area contributed by atoms with Crippen LogP contribution in [0.5, 0.6) is 0 Å². The van der Waals surface area contributed by atoms with Crippen molar-refractivity contribution >= 4 is 5.91 Å². The fourth-order valence-electron chi connectivity index (χ4n) is 3.11. The van der Waals surface area contributed by atoms with Gasteiger partial charge in [0.15, 0.2) is 0 Å². The van der Waals surface area contributed by atoms with E-state index >= 15 is 0 Å². The van der Waals surface area contributed by atoms with E-state index in [0.29, 0.717) is 13.2 Å². The second-order valence-electron chi connectivity index (χ2n) is 5.52. The van der Waals surface area contributed by atoms with Gasteiger partial charge in [-0.15, -0.1) is 0 Å². The van der Waals surface area contributed by atoms with Crippen LogP contribution in [0.4, 0.5) is 0 Å². The van der Waals surface area contributed by atoms with E-state index in [-0.39, 0.29) is 11.8 Å². The summed E-state index contributed by atoms with van der Waals surface area (Å²) in [5.41, 5.74) is 3.64. The van der Waals surface area contributed by atoms with Crippen LogP contribution in [0.25, 0.3) is 0 Å². The van der Waals surface area contributed by atoms with Crippen LogP contribution in [0.3, 0.4) is 0 Å². The van der Waals surface area contributed by atoms with Gasteiger partial charge in [-0.2, -0.15) is 0 Å². The highest BCUT2D eigenvalue weighted by Gasteiger charge is 2.28. The number of carbonyl (C=O) groups excluding carboxylic acids is 1. The highest BCUT2D eigenvalue weighted by Crippen LogP contribution is 2.26. The van der Waals surface area contributed by atoms with Crippen LogP contribution in [0, 0.1) is 5.92 Å². The smallest absolute Gasteiger partial charge is 0.226 e. The largest absolute Gasteiger partial charge is 0.380 e. The molecule has 1 amide bonds. The van der Waals surface area contributed by atoms with E-state index in [1.165, 1.54) is 11.1 Å². The van der Waals surface area contributed by atoms with Crippen molar-refractivity contribution in [2.24, 2.45) is 5.92 Å². The summed E-state index contributed by atoms with van der Waals surface area (Å²) in [6.45, 7) is 2.09. The number of ether oxygens (including phenoxy) is 1. The molecule has 20 heavy (non-hydrogen) atoms. The standard InChI is InChI=1S/C16H20N2O2/c1-20-11-14-9-17-8-13-10-18(7-6-15(13)14)16(19)12-4-2-3-5-12/h2-3,8-9,12H,4-7,10-11H2,1H3. The Morgan fingerprint density at radius 2 is 2.20 bits per heavy atom. The number of amides is 1. The Morgan fingerprint density at radius 3 is 2.95 bits per heavy atom. The number of methoxy groups -OCH3 is 1. The van der Waals surface area contributed by atoms with E-state index in [2.05, 4.69) is 17.1 Å². The number of allylic oxidation sites excluding steroid dienone is 2. The van der Waals surface area contributed by atoms with Crippen molar-refractivity contribution in [2.75, 3.05) is 13.7 Å². The molecule has 4 heteroatoms. The van der Waals surface area contributed by atoms with Crippen LogP contribution in [0.15, 0.2) is 24.5 Å². The molecule has 2 heterocycles. The zero-order valence-corrected chi connectivity index (χ0v) is 11.8. The molecule has 0 N–H and O–H groups in total. The second kappa shape index (κ2) is 5.75. The fraction of sp³-hybridized carbons (Fsp3) is 0.500. The summed E-state index contributed by atoms with van der Waals surface area (Å²) < 4.78 is 5.22. The van der Waals surface area contributed by atoms with Gasteiger partial charge in [-0.1, -0.05) is 12.2 Å². The lowest BCUT2D eigenvalue weighted by Crippen LogP contribution is -2.39. The highest BCUT2D eigenvalue weighted by molar-refractivity contribution is 5.80. The Kier molecular flexibility index (Phi) is 3.83. The Balaban J connectivity index is 1.75. The van der Waals surface area contributed by atoms with Crippen molar-refractivity contribution in [2.45, 2.75) is 32.4 Å². The van der Waals surface area contributed by atoms with Crippen LogP contribution in [-0.4, -0.2) is 29.4 Å². The number of carbonyl (C=O) groups is 1. The summed E-state index contributed by atoms with van der Waals surface area (Å²) >= 11 is 0. The maximum atomic E-state index is 12.5. The normalized spacial score (nSPS) is 18.4. The Morgan fingerprint density at radius 1 is 1.40 bits per heavy atom. The molecule has 4 nitrogen and oxygen atoms in total. The van der Waals surface area contributed by atoms with E-state index < -0.39 is 0 Å². The van der Waals surface area contributed by atoms with Crippen molar-refractivity contribution < 1.29 is 9.53 Å². The molecule has 0 atom stereocenters. The van der Waals surface area contributed by atoms with Crippen molar-refractivity contribution in [1.29, 1.82) is 0 Å². The van der Waals surface area contributed by atoms with E-state index in [0.717, 1.165) is 31.4 Å². The molecular formula is C16H20N2O2. The zero-order valence-electron chi connectivity index (χ0n) is 11.8. The first-order valence-corrected chi connectivity index (χ1v) is 7.17. The van der Waals surface area contributed by atoms with Crippen molar-refractivity contribution in [1.82, 2.24) is 9.88 Å². The minimum Gasteiger partial charge on any atom is -0.380 e.